The van der Waals surface area contributed by atoms with Crippen molar-refractivity contribution >= 4 is 29.3 Å². The molecule has 0 unspecified atom stereocenters. The molecule has 1 N–H and O–H groups in total. The van der Waals surface area contributed by atoms with Crippen molar-refractivity contribution in [1.82, 2.24) is 4.90 Å². The molecule has 1 aromatic rings. The summed E-state index contributed by atoms with van der Waals surface area (Å²) in [5.41, 5.74) is 0.241. The van der Waals surface area contributed by atoms with E-state index in [1.807, 2.05) is 26.8 Å². The number of hydrogen-bond acceptors (Lipinski definition) is 3. The van der Waals surface area contributed by atoms with Crippen LogP contribution in [0.3, 0.4) is 0 Å². The Morgan fingerprint density at radius 1 is 1.38 bits per heavy atom. The maximum atomic E-state index is 12.3. The summed E-state index contributed by atoms with van der Waals surface area (Å²) in [7, 11) is 0. The number of carbonyl (C=O) groups excluding carboxylic acids is 2. The quantitative estimate of drug-likeness (QED) is 0.802. The highest BCUT2D eigenvalue weighted by Gasteiger charge is 2.58. The van der Waals surface area contributed by atoms with E-state index in [2.05, 4.69) is 5.32 Å². The van der Waals surface area contributed by atoms with Crippen molar-refractivity contribution in [1.29, 1.82) is 0 Å². The van der Waals surface area contributed by atoms with E-state index in [0.717, 1.165) is 11.3 Å². The molecule has 3 rings (SSSR count). The van der Waals surface area contributed by atoms with Gasteiger partial charge in [-0.3, -0.25) is 4.79 Å². The van der Waals surface area contributed by atoms with Gasteiger partial charge in [-0.1, -0.05) is 17.7 Å². The van der Waals surface area contributed by atoms with Crippen molar-refractivity contribution < 1.29 is 14.3 Å². The van der Waals surface area contributed by atoms with Gasteiger partial charge in [-0.05, 0) is 32.9 Å². The number of fused-ring (bicyclic) bond motifs is 2. The number of amides is 2. The first-order chi connectivity index (χ1) is 9.73. The minimum Gasteiger partial charge on any atom is -0.444 e. The van der Waals surface area contributed by atoms with Crippen LogP contribution < -0.4 is 5.32 Å². The van der Waals surface area contributed by atoms with Gasteiger partial charge >= 0.3 is 6.09 Å². The van der Waals surface area contributed by atoms with Gasteiger partial charge in [-0.2, -0.15) is 0 Å². The predicted octanol–water partition coefficient (Wildman–Crippen LogP) is 2.78. The highest BCUT2D eigenvalue weighted by atomic mass is 35.5. The summed E-state index contributed by atoms with van der Waals surface area (Å²) in [4.78, 5) is 25.8. The minimum absolute atomic E-state index is 0.106. The Labute approximate surface area is 128 Å². The highest BCUT2D eigenvalue weighted by molar-refractivity contribution is 6.33. The molecule has 1 aromatic carbocycles. The first kappa shape index (κ1) is 14.2. The molecular weight excluding hydrogens is 292 g/mol. The maximum absolute atomic E-state index is 12.3. The Bertz CT molecular complexity index is 630. The largest absolute Gasteiger partial charge is 0.444 e. The molecule has 6 heteroatoms. The summed E-state index contributed by atoms with van der Waals surface area (Å²) in [6.45, 7) is 6.04. The lowest BCUT2D eigenvalue weighted by molar-refractivity contribution is -0.126. The summed E-state index contributed by atoms with van der Waals surface area (Å²) < 4.78 is 5.32. The first-order valence-corrected chi connectivity index (χ1v) is 7.19. The average Bonchev–Trinajstić information content (AvgIpc) is 2.58. The summed E-state index contributed by atoms with van der Waals surface area (Å²) in [5.74, 6) is -0.106. The molecule has 2 aliphatic heterocycles. The molecule has 0 aromatic heterocycles. The Morgan fingerprint density at radius 3 is 2.67 bits per heavy atom. The normalized spacial score (nSPS) is 19.0. The lowest BCUT2D eigenvalue weighted by Gasteiger charge is -2.46. The van der Waals surface area contributed by atoms with Crippen LogP contribution in [-0.4, -0.2) is 35.6 Å². The fourth-order valence-electron chi connectivity index (χ4n) is 2.83. The summed E-state index contributed by atoms with van der Waals surface area (Å²) in [6.07, 6.45) is -0.401. The summed E-state index contributed by atoms with van der Waals surface area (Å²) >= 11 is 6.24. The number of nitrogens with zero attached hydrogens (tertiary/aromatic N) is 1. The molecule has 5 nitrogen and oxygen atoms in total. The topological polar surface area (TPSA) is 58.6 Å². The number of likely N-dealkylation sites (tertiary alicyclic amines) is 1. The lowest BCUT2D eigenvalue weighted by Crippen LogP contribution is -2.64. The zero-order valence-electron chi connectivity index (χ0n) is 12.2. The van der Waals surface area contributed by atoms with Crippen LogP contribution in [-0.2, 0) is 14.9 Å². The Hall–Kier alpha value is -1.75. The number of carbonyl (C=O) groups is 2. The third-order valence-corrected chi connectivity index (χ3v) is 4.06. The molecule has 0 atom stereocenters. The van der Waals surface area contributed by atoms with Crippen LogP contribution in [0.25, 0.3) is 0 Å². The highest BCUT2D eigenvalue weighted by Crippen LogP contribution is 2.47. The van der Waals surface area contributed by atoms with Gasteiger partial charge in [0.15, 0.2) is 0 Å². The number of benzene rings is 1. The Morgan fingerprint density at radius 2 is 2.05 bits per heavy atom. The van der Waals surface area contributed by atoms with Crippen LogP contribution in [0.4, 0.5) is 10.5 Å². The number of ether oxygens (including phenoxy) is 1. The molecule has 0 aliphatic carbocycles. The zero-order valence-corrected chi connectivity index (χ0v) is 13.0. The van der Waals surface area contributed by atoms with Crippen molar-refractivity contribution in [3.63, 3.8) is 0 Å². The molecule has 0 radical (unpaired) electrons. The van der Waals surface area contributed by atoms with Crippen LogP contribution >= 0.6 is 11.6 Å². The fraction of sp³-hybridized carbons (Fsp3) is 0.467. The number of halogens is 1. The number of nitrogens with one attached hydrogen (secondary N) is 1. The molecule has 2 aliphatic rings. The molecular formula is C15H17ClN2O3. The van der Waals surface area contributed by atoms with E-state index in [1.54, 1.807) is 12.1 Å². The van der Waals surface area contributed by atoms with Gasteiger partial charge in [0.2, 0.25) is 5.91 Å². The molecule has 1 saturated heterocycles. The van der Waals surface area contributed by atoms with Crippen molar-refractivity contribution in [3.8, 4) is 0 Å². The Kier molecular flexibility index (Phi) is 2.95. The van der Waals surface area contributed by atoms with Crippen molar-refractivity contribution in [2.75, 3.05) is 18.4 Å². The van der Waals surface area contributed by atoms with E-state index in [1.165, 1.54) is 4.90 Å². The van der Waals surface area contributed by atoms with E-state index in [0.29, 0.717) is 18.1 Å². The van der Waals surface area contributed by atoms with E-state index >= 15 is 0 Å². The third kappa shape index (κ3) is 2.16. The van der Waals surface area contributed by atoms with E-state index in [4.69, 9.17) is 16.3 Å². The fourth-order valence-corrected chi connectivity index (χ4v) is 3.19. The van der Waals surface area contributed by atoms with Gasteiger partial charge in [0.05, 0.1) is 0 Å². The molecule has 1 fully saturated rings. The monoisotopic (exact) mass is 308 g/mol. The van der Waals surface area contributed by atoms with Gasteiger partial charge in [-0.25, -0.2) is 4.79 Å². The van der Waals surface area contributed by atoms with Crippen LogP contribution in [0.2, 0.25) is 5.02 Å². The standard InChI is InChI=1S/C15H17ClN2O3/c1-14(2,3)21-13(20)18-7-15(8-18)11-9(16)5-4-6-10(11)17-12(15)19/h4-6H,7-8H2,1-3H3,(H,17,19). The van der Waals surface area contributed by atoms with Crippen LogP contribution in [0.5, 0.6) is 0 Å². The molecule has 21 heavy (non-hydrogen) atoms. The van der Waals surface area contributed by atoms with Gasteiger partial charge in [0.25, 0.3) is 0 Å². The number of anilines is 1. The molecule has 2 amide bonds. The molecule has 1 spiro atoms. The molecule has 0 saturated carbocycles. The molecule has 0 bridgehead atoms. The zero-order chi connectivity index (χ0) is 15.4. The second-order valence-corrected chi connectivity index (χ2v) is 6.94. The minimum atomic E-state index is -0.732. The smallest absolute Gasteiger partial charge is 0.410 e. The average molecular weight is 309 g/mol. The maximum Gasteiger partial charge on any atom is 0.410 e. The van der Waals surface area contributed by atoms with Crippen LogP contribution in [0.1, 0.15) is 26.3 Å². The van der Waals surface area contributed by atoms with Gasteiger partial charge in [0.1, 0.15) is 11.0 Å². The van der Waals surface area contributed by atoms with Crippen molar-refractivity contribution in [3.05, 3.63) is 28.8 Å². The van der Waals surface area contributed by atoms with Crippen molar-refractivity contribution in [2.45, 2.75) is 31.8 Å². The van der Waals surface area contributed by atoms with E-state index in [-0.39, 0.29) is 5.91 Å². The second kappa shape index (κ2) is 4.37. The predicted molar refractivity (Wildman–Crippen MR) is 79.6 cm³/mol. The van der Waals surface area contributed by atoms with Gasteiger partial charge in [-0.15, -0.1) is 0 Å². The number of hydrogen-bond donors (Lipinski definition) is 1. The van der Waals surface area contributed by atoms with Crippen LogP contribution in [0, 0.1) is 0 Å². The first-order valence-electron chi connectivity index (χ1n) is 6.81. The third-order valence-electron chi connectivity index (χ3n) is 3.75. The molecule has 2 heterocycles. The molecule has 112 valence electrons. The van der Waals surface area contributed by atoms with Gasteiger partial charge in [0, 0.05) is 29.4 Å². The number of rotatable bonds is 0. The van der Waals surface area contributed by atoms with Gasteiger partial charge < -0.3 is 15.0 Å². The Balaban J connectivity index is 1.82. The van der Waals surface area contributed by atoms with Crippen LogP contribution in [0.15, 0.2) is 18.2 Å². The summed E-state index contributed by atoms with van der Waals surface area (Å²) in [5, 5.41) is 3.39. The SMILES string of the molecule is CC(C)(C)OC(=O)N1CC2(C1)C(=O)Nc1cccc(Cl)c12. The second-order valence-electron chi connectivity index (χ2n) is 6.54. The summed E-state index contributed by atoms with van der Waals surface area (Å²) in [6, 6.07) is 5.38. The lowest BCUT2D eigenvalue weighted by atomic mass is 9.75. The van der Waals surface area contributed by atoms with E-state index < -0.39 is 17.1 Å². The van der Waals surface area contributed by atoms with Crippen molar-refractivity contribution in [2.24, 2.45) is 0 Å². The van der Waals surface area contributed by atoms with E-state index in [9.17, 15) is 9.59 Å².